The zero-order chi connectivity index (χ0) is 19.8. The number of nitrogens with zero attached hydrogens (tertiary/aromatic N) is 1. The van der Waals surface area contributed by atoms with Crippen molar-refractivity contribution < 1.29 is 14.3 Å². The molecule has 1 N–H and O–H groups in total. The number of benzene rings is 2. The van der Waals surface area contributed by atoms with Crippen molar-refractivity contribution in [3.8, 4) is 5.75 Å². The maximum Gasteiger partial charge on any atom is 0.261 e. The van der Waals surface area contributed by atoms with Crippen molar-refractivity contribution in [3.63, 3.8) is 0 Å². The quantitative estimate of drug-likeness (QED) is 0.762. The molecule has 0 saturated carbocycles. The average Bonchev–Trinajstić information content (AvgIpc) is 2.73. The normalized spacial score (nSPS) is 15.8. The van der Waals surface area contributed by atoms with Crippen LogP contribution in [-0.2, 0) is 29.0 Å². The molecule has 1 heterocycles. The Labute approximate surface area is 167 Å². The molecule has 0 spiro atoms. The summed E-state index contributed by atoms with van der Waals surface area (Å²) in [6, 6.07) is 16.2. The number of carbonyl (C=O) groups is 1. The van der Waals surface area contributed by atoms with E-state index in [-0.39, 0.29) is 5.91 Å². The van der Waals surface area contributed by atoms with Gasteiger partial charge in [0.25, 0.3) is 5.91 Å². The van der Waals surface area contributed by atoms with Gasteiger partial charge in [0.2, 0.25) is 0 Å². The Hall–Kier alpha value is -2.37. The second-order valence-electron chi connectivity index (χ2n) is 7.15. The van der Waals surface area contributed by atoms with Crippen LogP contribution in [0.25, 0.3) is 0 Å². The highest BCUT2D eigenvalue weighted by molar-refractivity contribution is 5.80. The van der Waals surface area contributed by atoms with Gasteiger partial charge in [-0.05, 0) is 36.1 Å². The van der Waals surface area contributed by atoms with E-state index in [0.717, 1.165) is 56.1 Å². The van der Waals surface area contributed by atoms with Crippen LogP contribution in [0.5, 0.6) is 5.75 Å². The Bertz CT molecular complexity index is 772. The highest BCUT2D eigenvalue weighted by atomic mass is 16.5. The summed E-state index contributed by atoms with van der Waals surface area (Å²) in [5, 5.41) is 2.99. The first-order valence-corrected chi connectivity index (χ1v) is 10.1. The maximum atomic E-state index is 12.5. The van der Waals surface area contributed by atoms with Crippen molar-refractivity contribution in [1.82, 2.24) is 10.2 Å². The van der Waals surface area contributed by atoms with Gasteiger partial charge in [-0.25, -0.2) is 0 Å². The fourth-order valence-corrected chi connectivity index (χ4v) is 3.34. The molecule has 1 amide bonds. The standard InChI is InChI=1S/C23H30N2O3/c1-3-21-9-4-5-10-22(21)28-18(2)23(26)24-16-19-7-6-8-20(15-19)17-25-11-13-27-14-12-25/h4-10,15,18H,3,11-14,16-17H2,1-2H3,(H,24,26)/t18-/m1/s1. The number of nitrogens with one attached hydrogen (secondary N) is 1. The van der Waals surface area contributed by atoms with E-state index < -0.39 is 6.10 Å². The predicted octanol–water partition coefficient (Wildman–Crippen LogP) is 3.16. The maximum absolute atomic E-state index is 12.5. The van der Waals surface area contributed by atoms with Crippen LogP contribution in [0.4, 0.5) is 0 Å². The van der Waals surface area contributed by atoms with Crippen molar-refractivity contribution in [2.24, 2.45) is 0 Å². The fourth-order valence-electron chi connectivity index (χ4n) is 3.34. The lowest BCUT2D eigenvalue weighted by atomic mass is 10.1. The summed E-state index contributed by atoms with van der Waals surface area (Å²) in [5.74, 6) is 0.671. The first-order chi connectivity index (χ1) is 13.7. The van der Waals surface area contributed by atoms with Gasteiger partial charge in [-0.3, -0.25) is 9.69 Å². The number of morpholine rings is 1. The summed E-state index contributed by atoms with van der Waals surface area (Å²) in [6.07, 6.45) is 0.338. The SMILES string of the molecule is CCc1ccccc1O[C@H](C)C(=O)NCc1cccc(CN2CCOCC2)c1. The van der Waals surface area contributed by atoms with Crippen LogP contribution >= 0.6 is 0 Å². The molecule has 1 atom stereocenters. The molecule has 5 nitrogen and oxygen atoms in total. The van der Waals surface area contributed by atoms with E-state index in [1.807, 2.05) is 30.3 Å². The summed E-state index contributed by atoms with van der Waals surface area (Å²) in [7, 11) is 0. The lowest BCUT2D eigenvalue weighted by molar-refractivity contribution is -0.127. The number of aryl methyl sites for hydroxylation is 1. The van der Waals surface area contributed by atoms with Crippen LogP contribution < -0.4 is 10.1 Å². The molecule has 5 heteroatoms. The van der Waals surface area contributed by atoms with Crippen molar-refractivity contribution in [1.29, 1.82) is 0 Å². The Kier molecular flexibility index (Phi) is 7.46. The molecular weight excluding hydrogens is 352 g/mol. The van der Waals surface area contributed by atoms with E-state index in [2.05, 4.69) is 35.3 Å². The van der Waals surface area contributed by atoms with E-state index in [9.17, 15) is 4.79 Å². The minimum atomic E-state index is -0.538. The topological polar surface area (TPSA) is 50.8 Å². The molecule has 28 heavy (non-hydrogen) atoms. The van der Waals surface area contributed by atoms with Crippen LogP contribution in [0.3, 0.4) is 0 Å². The molecule has 2 aromatic rings. The van der Waals surface area contributed by atoms with E-state index in [1.54, 1.807) is 6.92 Å². The molecule has 1 aliphatic rings. The van der Waals surface area contributed by atoms with Gasteiger partial charge in [0.15, 0.2) is 6.10 Å². The molecule has 0 aliphatic carbocycles. The van der Waals surface area contributed by atoms with E-state index in [0.29, 0.717) is 6.54 Å². The van der Waals surface area contributed by atoms with E-state index in [4.69, 9.17) is 9.47 Å². The van der Waals surface area contributed by atoms with Crippen LogP contribution in [0, 0.1) is 0 Å². The molecule has 150 valence electrons. The molecule has 2 aromatic carbocycles. The summed E-state index contributed by atoms with van der Waals surface area (Å²) in [5.41, 5.74) is 3.47. The van der Waals surface area contributed by atoms with E-state index in [1.165, 1.54) is 5.56 Å². The van der Waals surface area contributed by atoms with Crippen LogP contribution in [0.15, 0.2) is 48.5 Å². The van der Waals surface area contributed by atoms with Gasteiger partial charge in [-0.2, -0.15) is 0 Å². The lowest BCUT2D eigenvalue weighted by Gasteiger charge is -2.26. The Morgan fingerprint density at radius 2 is 1.89 bits per heavy atom. The zero-order valence-electron chi connectivity index (χ0n) is 16.8. The number of amides is 1. The Balaban J connectivity index is 1.51. The summed E-state index contributed by atoms with van der Waals surface area (Å²) < 4.78 is 11.3. The van der Waals surface area contributed by atoms with Crippen LogP contribution in [-0.4, -0.2) is 43.2 Å². The minimum absolute atomic E-state index is 0.107. The number of para-hydroxylation sites is 1. The van der Waals surface area contributed by atoms with E-state index >= 15 is 0 Å². The Morgan fingerprint density at radius 1 is 1.14 bits per heavy atom. The molecule has 0 radical (unpaired) electrons. The monoisotopic (exact) mass is 382 g/mol. The first kappa shape index (κ1) is 20.4. The first-order valence-electron chi connectivity index (χ1n) is 10.1. The smallest absolute Gasteiger partial charge is 0.261 e. The second-order valence-corrected chi connectivity index (χ2v) is 7.15. The number of carbonyl (C=O) groups excluding carboxylic acids is 1. The van der Waals surface area contributed by atoms with Gasteiger partial charge in [0.05, 0.1) is 13.2 Å². The van der Waals surface area contributed by atoms with Gasteiger partial charge >= 0.3 is 0 Å². The molecule has 0 unspecified atom stereocenters. The molecule has 1 aliphatic heterocycles. The van der Waals surface area contributed by atoms with Crippen LogP contribution in [0.1, 0.15) is 30.5 Å². The summed E-state index contributed by atoms with van der Waals surface area (Å²) in [6.45, 7) is 8.82. The molecule has 3 rings (SSSR count). The van der Waals surface area contributed by atoms with Crippen LogP contribution in [0.2, 0.25) is 0 Å². The zero-order valence-corrected chi connectivity index (χ0v) is 16.8. The number of rotatable bonds is 8. The Morgan fingerprint density at radius 3 is 2.68 bits per heavy atom. The third-order valence-electron chi connectivity index (χ3n) is 4.99. The highest BCUT2D eigenvalue weighted by Crippen LogP contribution is 2.19. The van der Waals surface area contributed by atoms with Crippen molar-refractivity contribution in [2.45, 2.75) is 39.5 Å². The van der Waals surface area contributed by atoms with Gasteiger partial charge in [-0.1, -0.05) is 49.4 Å². The molecule has 0 bridgehead atoms. The second kappa shape index (κ2) is 10.2. The predicted molar refractivity (Wildman–Crippen MR) is 110 cm³/mol. The number of hydrogen-bond acceptors (Lipinski definition) is 4. The molecule has 1 fully saturated rings. The third kappa shape index (κ3) is 5.81. The summed E-state index contributed by atoms with van der Waals surface area (Å²) >= 11 is 0. The lowest BCUT2D eigenvalue weighted by Crippen LogP contribution is -2.36. The van der Waals surface area contributed by atoms with Gasteiger partial charge in [0, 0.05) is 26.2 Å². The summed E-state index contributed by atoms with van der Waals surface area (Å²) in [4.78, 5) is 14.9. The van der Waals surface area contributed by atoms with Crippen molar-refractivity contribution in [2.75, 3.05) is 26.3 Å². The molecule has 0 aromatic heterocycles. The molecule has 1 saturated heterocycles. The van der Waals surface area contributed by atoms with Crippen molar-refractivity contribution in [3.05, 3.63) is 65.2 Å². The van der Waals surface area contributed by atoms with Gasteiger partial charge in [-0.15, -0.1) is 0 Å². The molecular formula is C23H30N2O3. The van der Waals surface area contributed by atoms with Gasteiger partial charge < -0.3 is 14.8 Å². The minimum Gasteiger partial charge on any atom is -0.481 e. The third-order valence-corrected chi connectivity index (χ3v) is 4.99. The largest absolute Gasteiger partial charge is 0.481 e. The highest BCUT2D eigenvalue weighted by Gasteiger charge is 2.16. The average molecular weight is 383 g/mol. The number of ether oxygens (including phenoxy) is 2. The van der Waals surface area contributed by atoms with Gasteiger partial charge in [0.1, 0.15) is 5.75 Å². The van der Waals surface area contributed by atoms with Crippen molar-refractivity contribution >= 4 is 5.91 Å². The fraction of sp³-hybridized carbons (Fsp3) is 0.435. The number of hydrogen-bond donors (Lipinski definition) is 1.